The number of rotatable bonds is 5. The third kappa shape index (κ3) is 2.70. The van der Waals surface area contributed by atoms with E-state index < -0.39 is 38.3 Å². The number of nitrogens with zero attached hydrogens (tertiary/aromatic N) is 3. The molecule has 1 saturated heterocycles. The van der Waals surface area contributed by atoms with Crippen molar-refractivity contribution in [1.82, 2.24) is 5.32 Å². The molecule has 9 heteroatoms. The zero-order valence-electron chi connectivity index (χ0n) is 12.0. The van der Waals surface area contributed by atoms with Gasteiger partial charge in [0.2, 0.25) is 0 Å². The first-order valence-electron chi connectivity index (χ1n) is 6.18. The molecule has 114 valence electrons. The summed E-state index contributed by atoms with van der Waals surface area (Å²) < 4.78 is 8.00. The number of carbonyl (C=O) groups excluding carboxylic acids is 1. The van der Waals surface area contributed by atoms with E-state index in [1.54, 1.807) is 27.0 Å². The molecule has 0 radical (unpaired) electrons. The van der Waals surface area contributed by atoms with Crippen molar-refractivity contribution in [2.45, 2.75) is 43.4 Å². The van der Waals surface area contributed by atoms with Crippen LogP contribution in [0.1, 0.15) is 27.2 Å². The minimum absolute atomic E-state index is 0.00803. The molecule has 0 aliphatic carbocycles. The number of azide groups is 1. The van der Waals surface area contributed by atoms with Gasteiger partial charge in [0.15, 0.2) is 0 Å². The zero-order valence-corrected chi connectivity index (χ0v) is 12.8. The Morgan fingerprint density at radius 1 is 1.55 bits per heavy atom. The van der Waals surface area contributed by atoms with Crippen LogP contribution in [0.15, 0.2) is 4.52 Å². The van der Waals surface area contributed by atoms with E-state index in [1.807, 2.05) is 0 Å². The van der Waals surface area contributed by atoms with Crippen LogP contribution in [0.2, 0.25) is 0 Å². The third-order valence-electron chi connectivity index (χ3n) is 3.78. The summed E-state index contributed by atoms with van der Waals surface area (Å²) in [6, 6.07) is -0.868. The Hall–Kier alpha value is -1.44. The van der Waals surface area contributed by atoms with E-state index >= 15 is 0 Å². The topological polar surface area (TPSA) is 124 Å². The number of carbonyl (C=O) groups is 2. The molecule has 1 aliphatic heterocycles. The van der Waals surface area contributed by atoms with Crippen LogP contribution in [-0.4, -0.2) is 46.1 Å². The van der Waals surface area contributed by atoms with E-state index in [4.69, 9.17) is 10.3 Å². The fourth-order valence-electron chi connectivity index (χ4n) is 2.32. The maximum Gasteiger partial charge on any atom is 0.322 e. The summed E-state index contributed by atoms with van der Waals surface area (Å²) in [4.78, 5) is 25.9. The molecule has 3 unspecified atom stereocenters. The van der Waals surface area contributed by atoms with Gasteiger partial charge in [-0.25, -0.2) is 0 Å². The molecular formula is C11H20N4O4S. The number of ether oxygens (including phenoxy) is 1. The maximum atomic E-state index is 11.6. The Morgan fingerprint density at radius 3 is 2.60 bits per heavy atom. The fourth-order valence-corrected chi connectivity index (χ4v) is 5.04. The van der Waals surface area contributed by atoms with E-state index in [9.17, 15) is 14.7 Å². The second-order valence-corrected chi connectivity index (χ2v) is 8.81. The first-order chi connectivity index (χ1) is 9.20. The van der Waals surface area contributed by atoms with Crippen LogP contribution in [-0.2, 0) is 14.3 Å². The van der Waals surface area contributed by atoms with Gasteiger partial charge in [-0.2, -0.15) is 0 Å². The lowest BCUT2D eigenvalue weighted by atomic mass is 10.0. The van der Waals surface area contributed by atoms with Crippen LogP contribution in [0.5, 0.6) is 0 Å². The second kappa shape index (κ2) is 5.90. The Balaban J connectivity index is 3.13. The number of carboxylic acid groups (broad SMARTS) is 1. The first kappa shape index (κ1) is 16.6. The van der Waals surface area contributed by atoms with Crippen LogP contribution >= 0.6 is 10.2 Å². The molecule has 0 aromatic heterocycles. The molecule has 0 amide bonds. The predicted molar refractivity (Wildman–Crippen MR) is 76.3 cm³/mol. The average molecular weight is 304 g/mol. The fraction of sp³-hybridized carbons (Fsp3) is 0.818. The molecule has 0 spiro atoms. The van der Waals surface area contributed by atoms with Crippen molar-refractivity contribution in [2.24, 2.45) is 4.52 Å². The van der Waals surface area contributed by atoms with Crippen molar-refractivity contribution in [3.63, 3.8) is 0 Å². The summed E-state index contributed by atoms with van der Waals surface area (Å²) in [5.74, 6) is -1.45. The molecule has 2 N–H and O–H groups in total. The molecule has 20 heavy (non-hydrogen) atoms. The Labute approximate surface area is 118 Å². The summed E-state index contributed by atoms with van der Waals surface area (Å²) in [5.41, 5.74) is 8.79. The number of aliphatic carboxylic acids is 1. The van der Waals surface area contributed by atoms with Crippen molar-refractivity contribution in [3.8, 4) is 0 Å². The number of hydrogen-bond acceptors (Lipinski definition) is 5. The summed E-state index contributed by atoms with van der Waals surface area (Å²) in [6.07, 6.45) is 1.73. The van der Waals surface area contributed by atoms with Crippen LogP contribution < -0.4 is 5.32 Å². The first-order valence-corrected chi connectivity index (χ1v) is 8.24. The van der Waals surface area contributed by atoms with Crippen LogP contribution in [0.3, 0.4) is 0 Å². The highest BCUT2D eigenvalue weighted by atomic mass is 32.3. The largest absolute Gasteiger partial charge is 0.480 e. The molecule has 1 fully saturated rings. The summed E-state index contributed by atoms with van der Waals surface area (Å²) in [5, 5.41) is 11.7. The van der Waals surface area contributed by atoms with Crippen molar-refractivity contribution >= 4 is 22.2 Å². The van der Waals surface area contributed by atoms with Gasteiger partial charge in [-0.3, -0.25) is 14.9 Å². The number of esters is 1. The van der Waals surface area contributed by atoms with Gasteiger partial charge < -0.3 is 9.84 Å². The van der Waals surface area contributed by atoms with Gasteiger partial charge in [-0.1, -0.05) is 0 Å². The molecule has 0 saturated carbocycles. The minimum atomic E-state index is -2.06. The van der Waals surface area contributed by atoms with E-state index in [0.29, 0.717) is 0 Å². The molecule has 3 atom stereocenters. The standard InChI is InChI=1S/C11H20N4O4S/c1-5-19-8(16)6-7-13-9(10(17)18)11(2,3)20(7,4)15-14-12/h7,9,13H,5-6H2,1-4H3,(H,17,18). The molecule has 0 aromatic carbocycles. The van der Waals surface area contributed by atoms with Gasteiger partial charge in [-0.15, -0.1) is 10.2 Å². The molecule has 1 heterocycles. The van der Waals surface area contributed by atoms with E-state index in [1.165, 1.54) is 0 Å². The van der Waals surface area contributed by atoms with Crippen LogP contribution in [0.4, 0.5) is 0 Å². The quantitative estimate of drug-likeness (QED) is 0.346. The van der Waals surface area contributed by atoms with E-state index in [2.05, 4.69) is 14.7 Å². The lowest BCUT2D eigenvalue weighted by molar-refractivity contribution is -0.144. The summed E-state index contributed by atoms with van der Waals surface area (Å²) >= 11 is 0. The van der Waals surface area contributed by atoms with Gasteiger partial charge in [0, 0.05) is 9.66 Å². The molecule has 0 bridgehead atoms. The second-order valence-electron chi connectivity index (χ2n) is 5.15. The average Bonchev–Trinajstić information content (AvgIpc) is 2.51. The SMILES string of the molecule is CCOC(=O)CC1NC(C(=O)O)C(C)(C)S1(C)N=[N+]=[N-]. The van der Waals surface area contributed by atoms with Crippen molar-refractivity contribution in [1.29, 1.82) is 0 Å². The number of carboxylic acids is 1. The summed E-state index contributed by atoms with van der Waals surface area (Å²) in [7, 11) is -2.06. The molecular weight excluding hydrogens is 284 g/mol. The predicted octanol–water partition coefficient (Wildman–Crippen LogP) is 1.76. The van der Waals surface area contributed by atoms with Crippen molar-refractivity contribution < 1.29 is 19.4 Å². The Morgan fingerprint density at radius 2 is 2.15 bits per heavy atom. The zero-order chi connectivity index (χ0) is 15.6. The highest BCUT2D eigenvalue weighted by molar-refractivity contribution is 8.33. The molecule has 8 nitrogen and oxygen atoms in total. The van der Waals surface area contributed by atoms with Crippen LogP contribution in [0, 0.1) is 0 Å². The molecule has 0 aromatic rings. The maximum absolute atomic E-state index is 11.6. The molecule has 1 rings (SSSR count). The van der Waals surface area contributed by atoms with Crippen molar-refractivity contribution in [2.75, 3.05) is 12.9 Å². The molecule has 1 aliphatic rings. The van der Waals surface area contributed by atoms with Gasteiger partial charge >= 0.3 is 11.9 Å². The smallest absolute Gasteiger partial charge is 0.322 e. The Bertz CT molecular complexity index is 463. The third-order valence-corrected chi connectivity index (χ3v) is 7.97. The highest BCUT2D eigenvalue weighted by Crippen LogP contribution is 2.66. The van der Waals surface area contributed by atoms with Crippen LogP contribution in [0.25, 0.3) is 10.4 Å². The monoisotopic (exact) mass is 304 g/mol. The van der Waals surface area contributed by atoms with Crippen molar-refractivity contribution in [3.05, 3.63) is 10.4 Å². The van der Waals surface area contributed by atoms with E-state index in [-0.39, 0.29) is 13.0 Å². The van der Waals surface area contributed by atoms with Gasteiger partial charge in [0.1, 0.15) is 6.04 Å². The number of nitrogens with one attached hydrogen (secondary N) is 1. The van der Waals surface area contributed by atoms with Gasteiger partial charge in [0.25, 0.3) is 0 Å². The summed E-state index contributed by atoms with van der Waals surface area (Å²) in [6.45, 7) is 5.44. The van der Waals surface area contributed by atoms with Gasteiger partial charge in [-0.05, 0) is 37.1 Å². The number of hydrogen-bond donors (Lipinski definition) is 2. The Kier molecular flexibility index (Phi) is 4.90. The lowest BCUT2D eigenvalue weighted by Gasteiger charge is -2.42. The minimum Gasteiger partial charge on any atom is -0.480 e. The van der Waals surface area contributed by atoms with Gasteiger partial charge in [0.05, 0.1) is 18.4 Å². The normalized spacial score (nSPS) is 34.6. The highest BCUT2D eigenvalue weighted by Gasteiger charge is 2.57. The van der Waals surface area contributed by atoms with E-state index in [0.717, 1.165) is 0 Å². The lowest BCUT2D eigenvalue weighted by Crippen LogP contribution is -2.45.